The molecule has 0 amide bonds. The Morgan fingerprint density at radius 3 is 1.53 bits per heavy atom. The van der Waals surface area contributed by atoms with E-state index >= 15 is 0 Å². The Morgan fingerprint density at radius 2 is 1.11 bits per heavy atom. The maximum atomic E-state index is 11.3. The van der Waals surface area contributed by atoms with Crippen LogP contribution in [-0.4, -0.2) is 51.5 Å². The third-order valence-electron chi connectivity index (χ3n) is 5.55. The highest BCUT2D eigenvalue weighted by molar-refractivity contribution is 5.58. The number of rotatable bonds is 4. The average Bonchev–Trinajstić information content (AvgIpc) is 3.29. The van der Waals surface area contributed by atoms with Crippen molar-refractivity contribution >= 4 is 34.5 Å². The molecule has 4 rings (SSSR count). The summed E-state index contributed by atoms with van der Waals surface area (Å²) in [6, 6.07) is 0. The zero-order valence-electron chi connectivity index (χ0n) is 20.2. The zero-order valence-corrected chi connectivity index (χ0v) is 20.2. The van der Waals surface area contributed by atoms with Crippen molar-refractivity contribution in [3.63, 3.8) is 0 Å². The Kier molecular flexibility index (Phi) is 8.69. The van der Waals surface area contributed by atoms with Gasteiger partial charge in [-0.2, -0.15) is 0 Å². The number of aliphatic hydroxyl groups excluding tert-OH is 2. The summed E-state index contributed by atoms with van der Waals surface area (Å²) in [5, 5.41) is 17.3. The van der Waals surface area contributed by atoms with Crippen LogP contribution in [0, 0.1) is 0 Å². The smallest absolute Gasteiger partial charge is 0.292 e. The van der Waals surface area contributed by atoms with E-state index in [4.69, 9.17) is 44.6 Å². The molecular weight excluding hydrogens is 476 g/mol. The number of hydrogen-bond donors (Lipinski definition) is 8. The largest absolute Gasteiger partial charge is 0.394 e. The van der Waals surface area contributed by atoms with Crippen LogP contribution in [0.2, 0.25) is 0 Å². The number of nitrogens with two attached hydrogens (primary N) is 6. The van der Waals surface area contributed by atoms with Crippen molar-refractivity contribution in [1.82, 2.24) is 28.1 Å². The van der Waals surface area contributed by atoms with Crippen LogP contribution in [0.4, 0.5) is 34.5 Å². The summed E-state index contributed by atoms with van der Waals surface area (Å²) in [7, 11) is 3.16. The summed E-state index contributed by atoms with van der Waals surface area (Å²) in [4.78, 5) is 33.7. The number of allylic oxidation sites excluding steroid dienone is 2. The molecule has 0 saturated carbocycles. The summed E-state index contributed by atoms with van der Waals surface area (Å²) in [6.07, 6.45) is 3.87. The van der Waals surface area contributed by atoms with Gasteiger partial charge in [-0.05, 0) is 0 Å². The lowest BCUT2D eigenvalue weighted by Gasteiger charge is -2.12. The van der Waals surface area contributed by atoms with Crippen molar-refractivity contribution in [3.8, 4) is 0 Å². The maximum Gasteiger partial charge on any atom is 0.292 e. The van der Waals surface area contributed by atoms with Gasteiger partial charge in [-0.25, -0.2) is 9.36 Å². The second-order valence-corrected chi connectivity index (χ2v) is 7.69. The first-order valence-corrected chi connectivity index (χ1v) is 10.7. The van der Waals surface area contributed by atoms with Crippen molar-refractivity contribution in [2.24, 2.45) is 14.1 Å². The first-order valence-electron chi connectivity index (χ1n) is 10.7. The molecule has 1 aliphatic heterocycles. The van der Waals surface area contributed by atoms with Crippen LogP contribution >= 0.6 is 0 Å². The molecule has 0 aliphatic carbocycles. The van der Waals surface area contributed by atoms with Crippen molar-refractivity contribution in [2.45, 2.75) is 26.2 Å². The van der Waals surface area contributed by atoms with Crippen LogP contribution in [-0.2, 0) is 40.3 Å². The lowest BCUT2D eigenvalue weighted by molar-refractivity contribution is 0.259. The van der Waals surface area contributed by atoms with E-state index in [1.54, 1.807) is 18.8 Å². The zero-order chi connectivity index (χ0) is 27.3. The summed E-state index contributed by atoms with van der Waals surface area (Å²) in [6.45, 7) is 1.46. The average molecular weight is 511 g/mol. The number of nitrogen functional groups attached to an aromatic ring is 6. The van der Waals surface area contributed by atoms with E-state index in [1.807, 2.05) is 12.2 Å². The molecule has 0 bridgehead atoms. The highest BCUT2D eigenvalue weighted by Gasteiger charge is 2.15. The molecule has 0 radical (unpaired) electrons. The predicted molar refractivity (Wildman–Crippen MR) is 138 cm³/mol. The van der Waals surface area contributed by atoms with Gasteiger partial charge in [0.15, 0.2) is 0 Å². The van der Waals surface area contributed by atoms with Crippen LogP contribution in [0.25, 0.3) is 0 Å². The molecule has 17 nitrogen and oxygen atoms in total. The van der Waals surface area contributed by atoms with E-state index in [9.17, 15) is 14.4 Å². The lowest BCUT2D eigenvalue weighted by atomic mass is 10.4. The molecule has 200 valence electrons. The van der Waals surface area contributed by atoms with Gasteiger partial charge in [-0.15, -0.1) is 0 Å². The number of aromatic nitrogens is 6. The Morgan fingerprint density at radius 1 is 0.639 bits per heavy atom. The van der Waals surface area contributed by atoms with E-state index in [0.717, 1.165) is 0 Å². The molecule has 0 fully saturated rings. The molecule has 17 heteroatoms. The van der Waals surface area contributed by atoms with Crippen molar-refractivity contribution in [2.75, 3.05) is 47.6 Å². The van der Waals surface area contributed by atoms with Gasteiger partial charge < -0.3 is 44.6 Å². The molecule has 0 spiro atoms. The van der Waals surface area contributed by atoms with Crippen LogP contribution in [0.1, 0.15) is 0 Å². The molecule has 0 atom stereocenters. The van der Waals surface area contributed by atoms with E-state index < -0.39 is 0 Å². The Hall–Kier alpha value is -4.51. The highest BCUT2D eigenvalue weighted by Crippen LogP contribution is 2.12. The van der Waals surface area contributed by atoms with Gasteiger partial charge in [0.05, 0.1) is 39.4 Å². The molecule has 0 unspecified atom stereocenters. The van der Waals surface area contributed by atoms with Crippen LogP contribution in [0.5, 0.6) is 0 Å². The number of anilines is 6. The van der Waals surface area contributed by atoms with Gasteiger partial charge in [-0.3, -0.25) is 33.1 Å². The highest BCUT2D eigenvalue weighted by atomic mass is 16.3. The summed E-state index contributed by atoms with van der Waals surface area (Å²) >= 11 is 0. The standard InChI is InChI=1S/C7H10N4O.2C6H12N4O2/c8-5-6(9)10-3-1-2-4-11(10)7(5)12;1-9-6(12)4(7)5(8)10(9)2-3-11;1-9-5(8)4(7)6(12)10(9)2-3-11/h1-2H,3-4,8-9H2;2*11H,2-3,7-8H2,1H3. The second kappa shape index (κ2) is 11.3. The van der Waals surface area contributed by atoms with Gasteiger partial charge >= 0.3 is 0 Å². The third kappa shape index (κ3) is 5.10. The molecular formula is C19H34N12O5. The molecule has 0 aromatic carbocycles. The maximum absolute atomic E-state index is 11.3. The quantitative estimate of drug-likeness (QED) is 0.157. The fourth-order valence-corrected chi connectivity index (χ4v) is 3.45. The van der Waals surface area contributed by atoms with Crippen molar-refractivity contribution in [3.05, 3.63) is 43.2 Å². The SMILES string of the molecule is Cn1c(=O)c(N)c(N)n1CCO.Cn1c(N)c(N)c(=O)n1CCO.Nc1c(N)n2n(c1=O)CC=CC2. The number of fused-ring (bicyclic) bond motifs is 1. The lowest BCUT2D eigenvalue weighted by Crippen LogP contribution is -2.25. The first kappa shape index (κ1) is 27.7. The van der Waals surface area contributed by atoms with E-state index in [1.165, 1.54) is 23.4 Å². The normalized spacial score (nSPS) is 11.9. The fraction of sp³-hybridized carbons (Fsp3) is 0.421. The number of hydrogen-bond acceptors (Lipinski definition) is 11. The first-order chi connectivity index (χ1) is 16.9. The van der Waals surface area contributed by atoms with Gasteiger partial charge in [0.25, 0.3) is 16.7 Å². The molecule has 14 N–H and O–H groups in total. The van der Waals surface area contributed by atoms with Gasteiger partial charge in [0, 0.05) is 14.1 Å². The van der Waals surface area contributed by atoms with Gasteiger partial charge in [0.2, 0.25) is 0 Å². The summed E-state index contributed by atoms with van der Waals surface area (Å²) < 4.78 is 8.62. The molecule has 0 saturated heterocycles. The molecule has 3 aromatic heterocycles. The summed E-state index contributed by atoms with van der Waals surface area (Å²) in [5.74, 6) is 0.800. The van der Waals surface area contributed by atoms with Crippen molar-refractivity contribution < 1.29 is 10.2 Å². The molecule has 3 aromatic rings. The van der Waals surface area contributed by atoms with Gasteiger partial charge in [0.1, 0.15) is 34.5 Å². The topological polar surface area (TPSA) is 277 Å². The third-order valence-corrected chi connectivity index (χ3v) is 5.55. The minimum Gasteiger partial charge on any atom is -0.394 e. The molecule has 36 heavy (non-hydrogen) atoms. The minimum atomic E-state index is -0.357. The summed E-state index contributed by atoms with van der Waals surface area (Å²) in [5.41, 5.74) is 32.1. The van der Waals surface area contributed by atoms with Crippen molar-refractivity contribution in [1.29, 1.82) is 0 Å². The van der Waals surface area contributed by atoms with E-state index in [0.29, 0.717) is 18.9 Å². The fourth-order valence-electron chi connectivity index (χ4n) is 3.45. The number of nitrogens with zero attached hydrogens (tertiary/aromatic N) is 6. The Balaban J connectivity index is 0.000000190. The van der Waals surface area contributed by atoms with Crippen LogP contribution < -0.4 is 51.1 Å². The van der Waals surface area contributed by atoms with E-state index in [2.05, 4.69) is 0 Å². The Labute approximate surface area is 204 Å². The van der Waals surface area contributed by atoms with Gasteiger partial charge in [-0.1, -0.05) is 12.2 Å². The monoisotopic (exact) mass is 510 g/mol. The van der Waals surface area contributed by atoms with Crippen LogP contribution in [0.15, 0.2) is 26.5 Å². The second-order valence-electron chi connectivity index (χ2n) is 7.69. The Bertz CT molecular complexity index is 1410. The number of aliphatic hydroxyl groups is 2. The predicted octanol–water partition coefficient (Wildman–Crippen LogP) is -3.93. The van der Waals surface area contributed by atoms with E-state index in [-0.39, 0.29) is 71.7 Å². The molecule has 4 heterocycles. The minimum absolute atomic E-state index is 0.0333. The molecule has 1 aliphatic rings. The van der Waals surface area contributed by atoms with Crippen LogP contribution in [0.3, 0.4) is 0 Å².